The molecule has 0 spiro atoms. The summed E-state index contributed by atoms with van der Waals surface area (Å²) in [4.78, 5) is 38.9. The Kier molecular flexibility index (Phi) is 8.65. The molecule has 182 valence electrons. The maximum atomic E-state index is 12.9. The van der Waals surface area contributed by atoms with Crippen LogP contribution in [-0.4, -0.2) is 57.6 Å². The molecule has 0 unspecified atom stereocenters. The molecule has 2 amide bonds. The van der Waals surface area contributed by atoms with Gasteiger partial charge in [0, 0.05) is 32.2 Å². The van der Waals surface area contributed by atoms with E-state index in [1.807, 2.05) is 32.9 Å². The summed E-state index contributed by atoms with van der Waals surface area (Å²) in [6.45, 7) is 6.98. The fourth-order valence-corrected chi connectivity index (χ4v) is 3.77. The van der Waals surface area contributed by atoms with Crippen molar-refractivity contribution in [2.24, 2.45) is 0 Å². The standard InChI is InChI=1S/C26H32N2O6/c1-17-7-8-18(2)26(19(17)3)34-15-22(29)20-9-10-23-21(14-20)28(25(31)16-33-23)12-5-6-24(30)27-11-13-32-4/h7-10,14H,5-6,11-13,15-16H2,1-4H3,(H,27,30). The zero-order chi connectivity index (χ0) is 24.7. The number of hydrogen-bond acceptors (Lipinski definition) is 6. The van der Waals surface area contributed by atoms with E-state index in [1.165, 1.54) is 0 Å². The van der Waals surface area contributed by atoms with Gasteiger partial charge in [0.15, 0.2) is 19.0 Å². The van der Waals surface area contributed by atoms with Gasteiger partial charge in [0.1, 0.15) is 11.5 Å². The molecule has 0 aliphatic carbocycles. The maximum Gasteiger partial charge on any atom is 0.265 e. The summed E-state index contributed by atoms with van der Waals surface area (Å²) in [6.07, 6.45) is 0.766. The number of ketones is 1. The Morgan fingerprint density at radius 1 is 1.12 bits per heavy atom. The average molecular weight is 469 g/mol. The lowest BCUT2D eigenvalue weighted by Crippen LogP contribution is -2.40. The molecule has 1 aliphatic rings. The molecule has 8 nitrogen and oxygen atoms in total. The molecule has 8 heteroatoms. The molecule has 0 saturated carbocycles. The number of ether oxygens (including phenoxy) is 3. The first-order valence-electron chi connectivity index (χ1n) is 11.4. The topological polar surface area (TPSA) is 94.2 Å². The van der Waals surface area contributed by atoms with Crippen LogP contribution in [0.15, 0.2) is 30.3 Å². The molecule has 3 rings (SSSR count). The predicted octanol–water partition coefficient (Wildman–Crippen LogP) is 3.14. The molecule has 0 saturated heterocycles. The van der Waals surface area contributed by atoms with E-state index in [1.54, 1.807) is 30.2 Å². The number of carbonyl (C=O) groups excluding carboxylic acids is 3. The maximum absolute atomic E-state index is 12.9. The number of anilines is 1. The summed E-state index contributed by atoms with van der Waals surface area (Å²) < 4.78 is 16.3. The van der Waals surface area contributed by atoms with E-state index in [9.17, 15) is 14.4 Å². The number of rotatable bonds is 11. The van der Waals surface area contributed by atoms with E-state index in [4.69, 9.17) is 14.2 Å². The number of fused-ring (bicyclic) bond motifs is 1. The largest absolute Gasteiger partial charge is 0.485 e. The van der Waals surface area contributed by atoms with E-state index in [-0.39, 0.29) is 37.2 Å². The number of nitrogens with one attached hydrogen (secondary N) is 1. The minimum absolute atomic E-state index is 0.0741. The van der Waals surface area contributed by atoms with Crippen LogP contribution in [0.2, 0.25) is 0 Å². The smallest absolute Gasteiger partial charge is 0.265 e. The molecule has 0 fully saturated rings. The first kappa shape index (κ1) is 25.2. The number of nitrogens with zero attached hydrogens (tertiary/aromatic N) is 1. The Balaban J connectivity index is 1.66. The van der Waals surface area contributed by atoms with Gasteiger partial charge in [-0.05, 0) is 62.1 Å². The zero-order valence-corrected chi connectivity index (χ0v) is 20.2. The lowest BCUT2D eigenvalue weighted by molar-refractivity contribution is -0.123. The van der Waals surface area contributed by atoms with Crippen molar-refractivity contribution < 1.29 is 28.6 Å². The van der Waals surface area contributed by atoms with Crippen LogP contribution >= 0.6 is 0 Å². The first-order valence-corrected chi connectivity index (χ1v) is 11.4. The Labute approximate surface area is 200 Å². The second-order valence-corrected chi connectivity index (χ2v) is 8.33. The molecule has 34 heavy (non-hydrogen) atoms. The number of Topliss-reactive ketones (excluding diaryl/α,β-unsaturated/α-hetero) is 1. The minimum Gasteiger partial charge on any atom is -0.485 e. The van der Waals surface area contributed by atoms with Gasteiger partial charge in [-0.2, -0.15) is 0 Å². The Morgan fingerprint density at radius 2 is 1.88 bits per heavy atom. The number of methoxy groups -OCH3 is 1. The van der Waals surface area contributed by atoms with Crippen LogP contribution in [0.1, 0.15) is 39.9 Å². The fourth-order valence-electron chi connectivity index (χ4n) is 3.77. The van der Waals surface area contributed by atoms with E-state index in [0.717, 1.165) is 22.4 Å². The molecule has 2 aromatic carbocycles. The van der Waals surface area contributed by atoms with Crippen molar-refractivity contribution >= 4 is 23.3 Å². The fraction of sp³-hybridized carbons (Fsp3) is 0.423. The van der Waals surface area contributed by atoms with Gasteiger partial charge in [0.25, 0.3) is 5.91 Å². The van der Waals surface area contributed by atoms with Crippen LogP contribution in [0.3, 0.4) is 0 Å². The van der Waals surface area contributed by atoms with Crippen molar-refractivity contribution in [2.45, 2.75) is 33.6 Å². The Bertz CT molecular complexity index is 1070. The lowest BCUT2D eigenvalue weighted by Gasteiger charge is -2.29. The highest BCUT2D eigenvalue weighted by Gasteiger charge is 2.26. The number of hydrogen-bond donors (Lipinski definition) is 1. The van der Waals surface area contributed by atoms with Crippen LogP contribution in [-0.2, 0) is 14.3 Å². The SMILES string of the molecule is COCCNC(=O)CCCN1C(=O)COc2ccc(C(=O)COc3c(C)ccc(C)c3C)cc21. The molecule has 1 N–H and O–H groups in total. The second kappa shape index (κ2) is 11.7. The number of benzene rings is 2. The summed E-state index contributed by atoms with van der Waals surface area (Å²) >= 11 is 0. The van der Waals surface area contributed by atoms with Crippen molar-refractivity contribution in [3.8, 4) is 11.5 Å². The van der Waals surface area contributed by atoms with Crippen molar-refractivity contribution in [2.75, 3.05) is 44.9 Å². The van der Waals surface area contributed by atoms with Gasteiger partial charge in [-0.25, -0.2) is 0 Å². The van der Waals surface area contributed by atoms with E-state index < -0.39 is 0 Å². The summed E-state index contributed by atoms with van der Waals surface area (Å²) in [5.74, 6) is 0.751. The zero-order valence-electron chi connectivity index (χ0n) is 20.2. The number of aryl methyl sites for hydroxylation is 2. The molecule has 1 aliphatic heterocycles. The van der Waals surface area contributed by atoms with Crippen LogP contribution in [0.5, 0.6) is 11.5 Å². The van der Waals surface area contributed by atoms with Gasteiger partial charge in [0.05, 0.1) is 12.3 Å². The normalized spacial score (nSPS) is 12.7. The lowest BCUT2D eigenvalue weighted by atomic mass is 10.1. The summed E-state index contributed by atoms with van der Waals surface area (Å²) in [6, 6.07) is 9.03. The molecular formula is C26H32N2O6. The van der Waals surface area contributed by atoms with Crippen molar-refractivity contribution in [3.05, 3.63) is 52.6 Å². The molecular weight excluding hydrogens is 436 g/mol. The van der Waals surface area contributed by atoms with E-state index in [2.05, 4.69) is 5.32 Å². The Morgan fingerprint density at radius 3 is 2.65 bits per heavy atom. The third-order valence-corrected chi connectivity index (χ3v) is 5.86. The van der Waals surface area contributed by atoms with Gasteiger partial charge in [-0.1, -0.05) is 12.1 Å². The third kappa shape index (κ3) is 6.14. The van der Waals surface area contributed by atoms with Gasteiger partial charge >= 0.3 is 0 Å². The minimum atomic E-state index is -0.209. The number of amides is 2. The highest BCUT2D eigenvalue weighted by molar-refractivity contribution is 6.02. The van der Waals surface area contributed by atoms with Crippen molar-refractivity contribution in [1.29, 1.82) is 0 Å². The van der Waals surface area contributed by atoms with Crippen LogP contribution < -0.4 is 19.7 Å². The quantitative estimate of drug-likeness (QED) is 0.402. The second-order valence-electron chi connectivity index (χ2n) is 8.33. The first-order chi connectivity index (χ1) is 16.3. The number of carbonyl (C=O) groups is 3. The summed E-state index contributed by atoms with van der Waals surface area (Å²) in [5.41, 5.74) is 4.04. The summed E-state index contributed by atoms with van der Waals surface area (Å²) in [7, 11) is 1.57. The van der Waals surface area contributed by atoms with Crippen LogP contribution in [0, 0.1) is 20.8 Å². The van der Waals surface area contributed by atoms with Gasteiger partial charge < -0.3 is 24.4 Å². The molecule has 1 heterocycles. The molecule has 0 atom stereocenters. The predicted molar refractivity (Wildman–Crippen MR) is 129 cm³/mol. The molecule has 0 aromatic heterocycles. The van der Waals surface area contributed by atoms with Crippen molar-refractivity contribution in [1.82, 2.24) is 5.32 Å². The Hall–Kier alpha value is -3.39. The van der Waals surface area contributed by atoms with E-state index in [0.29, 0.717) is 43.1 Å². The molecule has 0 radical (unpaired) electrons. The molecule has 0 bridgehead atoms. The van der Waals surface area contributed by atoms with Gasteiger partial charge in [0.2, 0.25) is 5.91 Å². The third-order valence-electron chi connectivity index (χ3n) is 5.86. The van der Waals surface area contributed by atoms with Crippen LogP contribution in [0.25, 0.3) is 0 Å². The monoisotopic (exact) mass is 468 g/mol. The average Bonchev–Trinajstić information content (AvgIpc) is 2.82. The van der Waals surface area contributed by atoms with Gasteiger partial charge in [-0.3, -0.25) is 14.4 Å². The van der Waals surface area contributed by atoms with Gasteiger partial charge in [-0.15, -0.1) is 0 Å². The highest BCUT2D eigenvalue weighted by atomic mass is 16.5. The van der Waals surface area contributed by atoms with Crippen LogP contribution in [0.4, 0.5) is 5.69 Å². The highest BCUT2D eigenvalue weighted by Crippen LogP contribution is 2.33. The van der Waals surface area contributed by atoms with E-state index >= 15 is 0 Å². The van der Waals surface area contributed by atoms with Crippen molar-refractivity contribution in [3.63, 3.8) is 0 Å². The molecule has 2 aromatic rings. The summed E-state index contributed by atoms with van der Waals surface area (Å²) in [5, 5.41) is 2.76.